The Hall–Kier alpha value is -2.54. The molecule has 7 nitrogen and oxygen atoms in total. The zero-order valence-corrected chi connectivity index (χ0v) is 15.1. The van der Waals surface area contributed by atoms with Crippen LogP contribution in [0.25, 0.3) is 0 Å². The fourth-order valence-electron chi connectivity index (χ4n) is 3.79. The summed E-state index contributed by atoms with van der Waals surface area (Å²) in [5.41, 5.74) is 2.37. The average molecular weight is 354 g/mol. The van der Waals surface area contributed by atoms with E-state index < -0.39 is 5.60 Å². The first-order valence-electron chi connectivity index (χ1n) is 8.87. The van der Waals surface area contributed by atoms with E-state index in [-0.39, 0.29) is 5.91 Å². The standard InChI is InChI=1S/C19H22N4O3/c1-13-21-12-15-4-10-26-19(17(15)22-13)5-8-23(9-6-19)18(24)14-3-7-20-16(11-14)25-2/h3,7,11-12H,4-6,8-10H2,1-2H3. The third kappa shape index (κ3) is 2.92. The maximum Gasteiger partial charge on any atom is 0.254 e. The Morgan fingerprint density at radius 1 is 1.31 bits per heavy atom. The summed E-state index contributed by atoms with van der Waals surface area (Å²) in [5, 5.41) is 0. The van der Waals surface area contributed by atoms with Crippen molar-refractivity contribution in [3.63, 3.8) is 0 Å². The van der Waals surface area contributed by atoms with Crippen LogP contribution in [0.1, 0.15) is 40.3 Å². The van der Waals surface area contributed by atoms with E-state index in [4.69, 9.17) is 9.47 Å². The van der Waals surface area contributed by atoms with Crippen molar-refractivity contribution in [2.24, 2.45) is 0 Å². The number of hydrogen-bond donors (Lipinski definition) is 0. The van der Waals surface area contributed by atoms with Gasteiger partial charge in [0, 0.05) is 37.1 Å². The third-order valence-electron chi connectivity index (χ3n) is 5.22. The Morgan fingerprint density at radius 3 is 2.88 bits per heavy atom. The van der Waals surface area contributed by atoms with Gasteiger partial charge in [-0.05, 0) is 37.8 Å². The van der Waals surface area contributed by atoms with Crippen molar-refractivity contribution in [3.05, 3.63) is 47.2 Å². The maximum absolute atomic E-state index is 12.8. The van der Waals surface area contributed by atoms with Gasteiger partial charge in [0.1, 0.15) is 11.4 Å². The molecule has 4 rings (SSSR count). The minimum atomic E-state index is -0.395. The molecule has 26 heavy (non-hydrogen) atoms. The van der Waals surface area contributed by atoms with Crippen molar-refractivity contribution >= 4 is 5.91 Å². The normalized spacial score (nSPS) is 18.5. The van der Waals surface area contributed by atoms with Crippen LogP contribution < -0.4 is 4.74 Å². The van der Waals surface area contributed by atoms with Gasteiger partial charge in [0.15, 0.2) is 0 Å². The number of carbonyl (C=O) groups is 1. The summed E-state index contributed by atoms with van der Waals surface area (Å²) in [6.07, 6.45) is 5.84. The van der Waals surface area contributed by atoms with Crippen molar-refractivity contribution < 1.29 is 14.3 Å². The van der Waals surface area contributed by atoms with E-state index in [2.05, 4.69) is 15.0 Å². The molecule has 1 saturated heterocycles. The molecule has 2 aromatic heterocycles. The molecule has 0 unspecified atom stereocenters. The highest BCUT2D eigenvalue weighted by Gasteiger charge is 2.43. The predicted molar refractivity (Wildman–Crippen MR) is 94.0 cm³/mol. The van der Waals surface area contributed by atoms with Crippen molar-refractivity contribution in [2.45, 2.75) is 31.8 Å². The van der Waals surface area contributed by atoms with Crippen LogP contribution in [0.2, 0.25) is 0 Å². The molecule has 2 aromatic rings. The zero-order valence-electron chi connectivity index (χ0n) is 15.1. The number of carbonyl (C=O) groups excluding carboxylic acids is 1. The molecule has 1 spiro atoms. The molecule has 0 radical (unpaired) electrons. The fraction of sp³-hybridized carbons (Fsp3) is 0.474. The molecule has 7 heteroatoms. The molecule has 1 fully saturated rings. The molecule has 4 heterocycles. The smallest absolute Gasteiger partial charge is 0.254 e. The molecular weight excluding hydrogens is 332 g/mol. The van der Waals surface area contributed by atoms with Gasteiger partial charge in [-0.15, -0.1) is 0 Å². The highest BCUT2D eigenvalue weighted by Crippen LogP contribution is 2.40. The molecule has 0 aliphatic carbocycles. The second kappa shape index (κ2) is 6.64. The second-order valence-electron chi connectivity index (χ2n) is 6.76. The van der Waals surface area contributed by atoms with Crippen molar-refractivity contribution in [1.29, 1.82) is 0 Å². The number of aromatic nitrogens is 3. The lowest BCUT2D eigenvalue weighted by Crippen LogP contribution is -2.49. The van der Waals surface area contributed by atoms with Gasteiger partial charge in [-0.3, -0.25) is 4.79 Å². The molecule has 0 saturated carbocycles. The van der Waals surface area contributed by atoms with Gasteiger partial charge in [0.25, 0.3) is 5.91 Å². The first kappa shape index (κ1) is 16.9. The largest absolute Gasteiger partial charge is 0.481 e. The fourth-order valence-corrected chi connectivity index (χ4v) is 3.79. The monoisotopic (exact) mass is 354 g/mol. The van der Waals surface area contributed by atoms with Gasteiger partial charge < -0.3 is 14.4 Å². The minimum absolute atomic E-state index is 0.00421. The number of piperidine rings is 1. The highest BCUT2D eigenvalue weighted by atomic mass is 16.5. The van der Waals surface area contributed by atoms with Crippen molar-refractivity contribution in [2.75, 3.05) is 26.8 Å². The molecule has 2 aliphatic rings. The molecule has 0 bridgehead atoms. The summed E-state index contributed by atoms with van der Waals surface area (Å²) in [7, 11) is 1.54. The SMILES string of the molecule is COc1cc(C(=O)N2CCC3(CC2)OCCc2cnc(C)nc23)ccn1. The lowest BCUT2D eigenvalue weighted by atomic mass is 9.83. The van der Waals surface area contributed by atoms with Crippen LogP contribution in [0.4, 0.5) is 0 Å². The van der Waals surface area contributed by atoms with E-state index >= 15 is 0 Å². The molecule has 0 atom stereocenters. The minimum Gasteiger partial charge on any atom is -0.481 e. The first-order chi connectivity index (χ1) is 12.6. The average Bonchev–Trinajstić information content (AvgIpc) is 2.69. The van der Waals surface area contributed by atoms with Crippen LogP contribution in [0.15, 0.2) is 24.5 Å². The van der Waals surface area contributed by atoms with Gasteiger partial charge >= 0.3 is 0 Å². The van der Waals surface area contributed by atoms with E-state index in [1.807, 2.05) is 18.0 Å². The second-order valence-corrected chi connectivity index (χ2v) is 6.76. The highest BCUT2D eigenvalue weighted by molar-refractivity contribution is 5.94. The van der Waals surface area contributed by atoms with Crippen LogP contribution in [-0.2, 0) is 16.8 Å². The maximum atomic E-state index is 12.8. The lowest BCUT2D eigenvalue weighted by Gasteiger charge is -2.44. The number of fused-ring (bicyclic) bond motifs is 2. The molecular formula is C19H22N4O3. The molecule has 1 amide bonds. The molecule has 0 aromatic carbocycles. The van der Waals surface area contributed by atoms with E-state index in [1.54, 1.807) is 25.4 Å². The van der Waals surface area contributed by atoms with E-state index in [0.717, 1.165) is 30.8 Å². The lowest BCUT2D eigenvalue weighted by molar-refractivity contribution is -0.0968. The van der Waals surface area contributed by atoms with Gasteiger partial charge in [0.05, 0.1) is 19.4 Å². The number of amides is 1. The van der Waals surface area contributed by atoms with Crippen LogP contribution >= 0.6 is 0 Å². The molecule has 2 aliphatic heterocycles. The Balaban J connectivity index is 1.53. The number of hydrogen-bond acceptors (Lipinski definition) is 6. The number of rotatable bonds is 2. The summed E-state index contributed by atoms with van der Waals surface area (Å²) < 4.78 is 11.3. The quantitative estimate of drug-likeness (QED) is 0.820. The summed E-state index contributed by atoms with van der Waals surface area (Å²) in [4.78, 5) is 27.7. The Bertz CT molecular complexity index is 831. The van der Waals surface area contributed by atoms with Gasteiger partial charge in [0.2, 0.25) is 5.88 Å². The van der Waals surface area contributed by atoms with E-state index in [1.165, 1.54) is 5.56 Å². The van der Waals surface area contributed by atoms with Gasteiger partial charge in [-0.2, -0.15) is 0 Å². The number of pyridine rings is 1. The summed E-state index contributed by atoms with van der Waals surface area (Å²) in [6, 6.07) is 3.40. The third-order valence-corrected chi connectivity index (χ3v) is 5.22. The molecule has 136 valence electrons. The topological polar surface area (TPSA) is 77.4 Å². The van der Waals surface area contributed by atoms with Crippen LogP contribution in [0, 0.1) is 6.92 Å². The summed E-state index contributed by atoms with van der Waals surface area (Å²) in [5.74, 6) is 1.20. The number of likely N-dealkylation sites (tertiary alicyclic amines) is 1. The van der Waals surface area contributed by atoms with Crippen LogP contribution in [-0.4, -0.2) is 52.6 Å². The Kier molecular flexibility index (Phi) is 4.32. The Labute approximate surface area is 152 Å². The number of nitrogens with zero attached hydrogens (tertiary/aromatic N) is 4. The molecule has 0 N–H and O–H groups in total. The van der Waals surface area contributed by atoms with E-state index in [9.17, 15) is 4.79 Å². The zero-order chi connectivity index (χ0) is 18.1. The van der Waals surface area contributed by atoms with Crippen LogP contribution in [0.3, 0.4) is 0 Å². The number of methoxy groups -OCH3 is 1. The van der Waals surface area contributed by atoms with Crippen molar-refractivity contribution in [3.8, 4) is 5.88 Å². The van der Waals surface area contributed by atoms with Gasteiger partial charge in [-0.25, -0.2) is 15.0 Å². The number of ether oxygens (including phenoxy) is 2. The summed E-state index contributed by atoms with van der Waals surface area (Å²) >= 11 is 0. The number of aryl methyl sites for hydroxylation is 1. The van der Waals surface area contributed by atoms with E-state index in [0.29, 0.717) is 31.1 Å². The summed E-state index contributed by atoms with van der Waals surface area (Å²) in [6.45, 7) is 3.84. The van der Waals surface area contributed by atoms with Gasteiger partial charge in [-0.1, -0.05) is 0 Å². The first-order valence-corrected chi connectivity index (χ1v) is 8.87. The van der Waals surface area contributed by atoms with Crippen LogP contribution in [0.5, 0.6) is 5.88 Å². The Morgan fingerprint density at radius 2 is 2.12 bits per heavy atom. The van der Waals surface area contributed by atoms with Crippen molar-refractivity contribution in [1.82, 2.24) is 19.9 Å². The predicted octanol–water partition coefficient (Wildman–Crippen LogP) is 1.89.